The second-order valence-electron chi connectivity index (χ2n) is 6.50. The molecular weight excluding hydrogens is 487 g/mol. The number of benzene rings is 1. The first-order valence-electron chi connectivity index (χ1n) is 9.24. The molecule has 1 aliphatic rings. The van der Waals surface area contributed by atoms with Crippen molar-refractivity contribution >= 4 is 47.6 Å². The lowest BCUT2D eigenvalue weighted by molar-refractivity contribution is -0.119. The van der Waals surface area contributed by atoms with E-state index in [9.17, 15) is 4.79 Å². The summed E-state index contributed by atoms with van der Waals surface area (Å²) >= 11 is 1.91. The molecule has 1 saturated carbocycles. The van der Waals surface area contributed by atoms with Gasteiger partial charge in [-0.2, -0.15) is 0 Å². The number of nitrogens with zero attached hydrogens (tertiary/aromatic N) is 1. The molecule has 152 valence electrons. The number of aliphatic imine (C=N–C) groups is 1. The highest BCUT2D eigenvalue weighted by molar-refractivity contribution is 14.0. The number of nitrogens with one attached hydrogen (secondary N) is 3. The molecule has 0 bridgehead atoms. The van der Waals surface area contributed by atoms with E-state index in [1.165, 1.54) is 17.7 Å². The fraction of sp³-hybridized carbons (Fsp3) is 0.400. The molecule has 28 heavy (non-hydrogen) atoms. The summed E-state index contributed by atoms with van der Waals surface area (Å²) in [7, 11) is 0. The summed E-state index contributed by atoms with van der Waals surface area (Å²) in [6, 6.07) is 14.1. The monoisotopic (exact) mass is 514 g/mol. The molecular formula is C20H27IN4O2S. The lowest BCUT2D eigenvalue weighted by Gasteiger charge is -2.18. The van der Waals surface area contributed by atoms with Crippen LogP contribution in [0.4, 0.5) is 0 Å². The standard InChI is InChI=1S/C20H26N4O2S.HI/c1-2-21-19(23-14-18(25)22-13-16-7-6-12-26-16)24-15-20(10-11-20)27-17-8-4-3-5-9-17;/h3-9,12H,2,10-11,13-15H2,1H3,(H,22,25)(H2,21,23,24);1H. The van der Waals surface area contributed by atoms with Crippen molar-refractivity contribution in [1.29, 1.82) is 0 Å². The van der Waals surface area contributed by atoms with Crippen LogP contribution in [0.15, 0.2) is 63.0 Å². The Morgan fingerprint density at radius 3 is 2.57 bits per heavy atom. The van der Waals surface area contributed by atoms with E-state index in [2.05, 4.69) is 45.2 Å². The van der Waals surface area contributed by atoms with Gasteiger partial charge in [-0.05, 0) is 44.0 Å². The van der Waals surface area contributed by atoms with Gasteiger partial charge in [-0.3, -0.25) is 4.79 Å². The van der Waals surface area contributed by atoms with E-state index in [0.717, 1.165) is 18.8 Å². The maximum absolute atomic E-state index is 12.0. The Hall–Kier alpha value is -1.68. The highest BCUT2D eigenvalue weighted by Crippen LogP contribution is 2.51. The molecule has 1 aromatic carbocycles. The molecule has 0 unspecified atom stereocenters. The average molecular weight is 514 g/mol. The number of carbonyl (C=O) groups excluding carboxylic acids is 1. The van der Waals surface area contributed by atoms with Crippen LogP contribution in [-0.4, -0.2) is 36.2 Å². The molecule has 1 fully saturated rings. The Labute approximate surface area is 187 Å². The minimum absolute atomic E-state index is 0. The van der Waals surface area contributed by atoms with Gasteiger partial charge in [-0.1, -0.05) is 18.2 Å². The molecule has 0 aliphatic heterocycles. The molecule has 3 rings (SSSR count). The van der Waals surface area contributed by atoms with Crippen LogP contribution in [0, 0.1) is 0 Å². The van der Waals surface area contributed by atoms with Gasteiger partial charge in [0.2, 0.25) is 5.91 Å². The predicted molar refractivity (Wildman–Crippen MR) is 124 cm³/mol. The number of guanidine groups is 1. The van der Waals surface area contributed by atoms with Crippen molar-refractivity contribution in [2.75, 3.05) is 19.6 Å². The zero-order valence-electron chi connectivity index (χ0n) is 15.9. The van der Waals surface area contributed by atoms with Crippen molar-refractivity contribution in [3.63, 3.8) is 0 Å². The summed E-state index contributed by atoms with van der Waals surface area (Å²) in [4.78, 5) is 17.7. The molecule has 0 atom stereocenters. The Morgan fingerprint density at radius 1 is 1.14 bits per heavy atom. The maximum Gasteiger partial charge on any atom is 0.242 e. The number of furan rings is 1. The van der Waals surface area contributed by atoms with Gasteiger partial charge in [0.1, 0.15) is 12.3 Å². The van der Waals surface area contributed by atoms with E-state index in [4.69, 9.17) is 4.42 Å². The van der Waals surface area contributed by atoms with Gasteiger partial charge in [0.05, 0.1) is 12.8 Å². The number of hydrogen-bond donors (Lipinski definition) is 3. The average Bonchev–Trinajstić information content (AvgIpc) is 3.24. The molecule has 0 spiro atoms. The van der Waals surface area contributed by atoms with Crippen molar-refractivity contribution in [2.24, 2.45) is 4.99 Å². The first-order valence-corrected chi connectivity index (χ1v) is 10.1. The van der Waals surface area contributed by atoms with Crippen molar-refractivity contribution in [3.8, 4) is 0 Å². The van der Waals surface area contributed by atoms with E-state index in [1.807, 2.05) is 30.8 Å². The van der Waals surface area contributed by atoms with E-state index in [1.54, 1.807) is 12.3 Å². The fourth-order valence-electron chi connectivity index (χ4n) is 2.59. The van der Waals surface area contributed by atoms with Crippen LogP contribution >= 0.6 is 35.7 Å². The zero-order valence-corrected chi connectivity index (χ0v) is 19.1. The first kappa shape index (κ1) is 22.6. The van der Waals surface area contributed by atoms with Crippen molar-refractivity contribution in [2.45, 2.75) is 36.0 Å². The summed E-state index contributed by atoms with van der Waals surface area (Å²) in [5.74, 6) is 1.26. The van der Waals surface area contributed by atoms with Gasteiger partial charge < -0.3 is 20.4 Å². The molecule has 0 saturated heterocycles. The largest absolute Gasteiger partial charge is 0.467 e. The summed E-state index contributed by atoms with van der Waals surface area (Å²) in [6.45, 7) is 4.04. The molecule has 1 aromatic heterocycles. The lowest BCUT2D eigenvalue weighted by atomic mass is 10.4. The summed E-state index contributed by atoms with van der Waals surface area (Å²) in [5, 5.41) is 9.39. The van der Waals surface area contributed by atoms with Gasteiger partial charge in [0.15, 0.2) is 5.96 Å². The summed E-state index contributed by atoms with van der Waals surface area (Å²) in [5.41, 5.74) is 0. The quantitative estimate of drug-likeness (QED) is 0.272. The normalized spacial score (nSPS) is 14.7. The van der Waals surface area contributed by atoms with Crippen molar-refractivity contribution in [1.82, 2.24) is 16.0 Å². The number of hydrogen-bond acceptors (Lipinski definition) is 4. The van der Waals surface area contributed by atoms with Crippen LogP contribution in [0.5, 0.6) is 0 Å². The molecule has 1 aliphatic carbocycles. The third kappa shape index (κ3) is 7.38. The van der Waals surface area contributed by atoms with Crippen molar-refractivity contribution in [3.05, 3.63) is 54.5 Å². The number of rotatable bonds is 9. The highest BCUT2D eigenvalue weighted by atomic mass is 127. The van der Waals surface area contributed by atoms with Gasteiger partial charge in [-0.15, -0.1) is 35.7 Å². The molecule has 8 heteroatoms. The van der Waals surface area contributed by atoms with Crippen LogP contribution in [0.25, 0.3) is 0 Å². The highest BCUT2D eigenvalue weighted by Gasteiger charge is 2.43. The second-order valence-corrected chi connectivity index (χ2v) is 8.04. The molecule has 3 N–H and O–H groups in total. The SMILES string of the molecule is CCNC(=NCC(=O)NCc1ccco1)NCC1(Sc2ccccc2)CC1.I. The molecule has 1 amide bonds. The Bertz CT molecular complexity index is 749. The Balaban J connectivity index is 0.00000280. The zero-order chi connectivity index (χ0) is 19.0. The minimum atomic E-state index is -0.136. The lowest BCUT2D eigenvalue weighted by Crippen LogP contribution is -2.42. The van der Waals surface area contributed by atoms with E-state index in [0.29, 0.717) is 12.5 Å². The van der Waals surface area contributed by atoms with Crippen molar-refractivity contribution < 1.29 is 9.21 Å². The van der Waals surface area contributed by atoms with Crippen LogP contribution in [0.2, 0.25) is 0 Å². The Morgan fingerprint density at radius 2 is 1.93 bits per heavy atom. The first-order chi connectivity index (χ1) is 13.2. The third-order valence-electron chi connectivity index (χ3n) is 4.23. The number of halogens is 1. The minimum Gasteiger partial charge on any atom is -0.467 e. The van der Waals surface area contributed by atoms with Crippen LogP contribution in [-0.2, 0) is 11.3 Å². The van der Waals surface area contributed by atoms with E-state index in [-0.39, 0.29) is 41.2 Å². The van der Waals surface area contributed by atoms with Gasteiger partial charge in [0.25, 0.3) is 0 Å². The van der Waals surface area contributed by atoms with Crippen LogP contribution < -0.4 is 16.0 Å². The number of thioether (sulfide) groups is 1. The van der Waals surface area contributed by atoms with E-state index < -0.39 is 0 Å². The molecule has 0 radical (unpaired) electrons. The summed E-state index contributed by atoms with van der Waals surface area (Å²) in [6.07, 6.45) is 3.96. The van der Waals surface area contributed by atoms with Gasteiger partial charge in [-0.25, -0.2) is 4.99 Å². The van der Waals surface area contributed by atoms with Crippen LogP contribution in [0.3, 0.4) is 0 Å². The fourth-order valence-corrected chi connectivity index (χ4v) is 3.83. The number of amides is 1. The summed E-state index contributed by atoms with van der Waals surface area (Å²) < 4.78 is 5.42. The smallest absolute Gasteiger partial charge is 0.242 e. The Kier molecular flexibility index (Phi) is 9.17. The third-order valence-corrected chi connectivity index (χ3v) is 5.72. The molecule has 1 heterocycles. The topological polar surface area (TPSA) is 78.7 Å². The molecule has 6 nitrogen and oxygen atoms in total. The molecule has 2 aromatic rings. The van der Waals surface area contributed by atoms with Gasteiger partial charge >= 0.3 is 0 Å². The number of carbonyl (C=O) groups is 1. The van der Waals surface area contributed by atoms with Crippen LogP contribution in [0.1, 0.15) is 25.5 Å². The van der Waals surface area contributed by atoms with E-state index >= 15 is 0 Å². The maximum atomic E-state index is 12.0. The van der Waals surface area contributed by atoms with Gasteiger partial charge in [0, 0.05) is 22.7 Å². The predicted octanol–water partition coefficient (Wildman–Crippen LogP) is 3.39. The second kappa shape index (κ2) is 11.4.